The van der Waals surface area contributed by atoms with Crippen LogP contribution in [0.1, 0.15) is 24.5 Å². The standard InChI is InChI=1S/C26H26F5N7O/c1-16(20-11-10-17(27)13-22(20)28)36-37-25-32-15-21(26(29,30)31)24(35-25)34-19-8-6-7-18(14-19)33-23(39)9-4-5-12-38(2)3/h4,6-11,13-15H,5,12H2,1-3H3,(H,33,39)(H2,32,34,35,37)/b9-4+,36-16+. The van der Waals surface area contributed by atoms with E-state index in [9.17, 15) is 26.7 Å². The van der Waals surface area contributed by atoms with Crippen LogP contribution in [0.3, 0.4) is 0 Å². The minimum atomic E-state index is -4.78. The summed E-state index contributed by atoms with van der Waals surface area (Å²) in [5.41, 5.74) is 1.89. The second-order valence-electron chi connectivity index (χ2n) is 8.58. The van der Waals surface area contributed by atoms with Gasteiger partial charge >= 0.3 is 6.18 Å². The molecule has 0 saturated heterocycles. The molecule has 0 atom stereocenters. The Labute approximate surface area is 221 Å². The van der Waals surface area contributed by atoms with Gasteiger partial charge in [-0.2, -0.15) is 23.3 Å². The van der Waals surface area contributed by atoms with E-state index in [1.54, 1.807) is 18.2 Å². The largest absolute Gasteiger partial charge is 0.421 e. The van der Waals surface area contributed by atoms with Crippen molar-refractivity contribution in [3.63, 3.8) is 0 Å². The molecule has 0 radical (unpaired) electrons. The van der Waals surface area contributed by atoms with E-state index in [0.717, 1.165) is 12.6 Å². The number of carbonyl (C=O) groups is 1. The van der Waals surface area contributed by atoms with Gasteiger partial charge in [-0.15, -0.1) is 0 Å². The molecule has 2 aromatic carbocycles. The predicted molar refractivity (Wildman–Crippen MR) is 140 cm³/mol. The molecule has 0 unspecified atom stereocenters. The van der Waals surface area contributed by atoms with E-state index in [1.165, 1.54) is 31.2 Å². The van der Waals surface area contributed by atoms with Gasteiger partial charge in [0.25, 0.3) is 0 Å². The number of nitrogens with zero attached hydrogens (tertiary/aromatic N) is 4. The molecule has 0 bridgehead atoms. The van der Waals surface area contributed by atoms with Gasteiger partial charge in [-0.1, -0.05) is 12.1 Å². The van der Waals surface area contributed by atoms with Crippen molar-refractivity contribution >= 4 is 34.8 Å². The number of hydrogen-bond acceptors (Lipinski definition) is 7. The van der Waals surface area contributed by atoms with E-state index >= 15 is 0 Å². The Morgan fingerprint density at radius 1 is 1.10 bits per heavy atom. The number of rotatable bonds is 10. The van der Waals surface area contributed by atoms with Crippen LogP contribution in [0.2, 0.25) is 0 Å². The molecular formula is C26H26F5N7O. The number of hydrogen-bond donors (Lipinski definition) is 3. The van der Waals surface area contributed by atoms with Crippen LogP contribution in [0.5, 0.6) is 0 Å². The van der Waals surface area contributed by atoms with Crippen LogP contribution in [-0.2, 0) is 11.0 Å². The summed E-state index contributed by atoms with van der Waals surface area (Å²) in [4.78, 5) is 21.6. The molecule has 0 saturated carbocycles. The van der Waals surface area contributed by atoms with Gasteiger partial charge in [-0.3, -0.25) is 4.79 Å². The van der Waals surface area contributed by atoms with Crippen molar-refractivity contribution in [2.75, 3.05) is 36.7 Å². The van der Waals surface area contributed by atoms with Gasteiger partial charge in [0.2, 0.25) is 11.9 Å². The van der Waals surface area contributed by atoms with Gasteiger partial charge in [0.1, 0.15) is 23.0 Å². The molecule has 0 aliphatic carbocycles. The average molecular weight is 548 g/mol. The summed E-state index contributed by atoms with van der Waals surface area (Å²) >= 11 is 0. The number of hydrazone groups is 1. The molecule has 39 heavy (non-hydrogen) atoms. The quantitative estimate of drug-likeness (QED) is 0.129. The smallest absolute Gasteiger partial charge is 0.339 e. The van der Waals surface area contributed by atoms with Crippen LogP contribution in [0.15, 0.2) is 65.9 Å². The van der Waals surface area contributed by atoms with E-state index in [-0.39, 0.29) is 28.8 Å². The van der Waals surface area contributed by atoms with Crippen molar-refractivity contribution in [3.8, 4) is 0 Å². The molecule has 13 heteroatoms. The predicted octanol–water partition coefficient (Wildman–Crippen LogP) is 5.80. The zero-order chi connectivity index (χ0) is 28.6. The van der Waals surface area contributed by atoms with Crippen molar-refractivity contribution in [2.45, 2.75) is 19.5 Å². The SMILES string of the molecule is C/C(=N\Nc1ncc(C(F)(F)F)c(Nc2cccc(NC(=O)/C=C/CCN(C)C)c2)n1)c1ccc(F)cc1F. The van der Waals surface area contributed by atoms with Gasteiger partial charge in [0.05, 0.1) is 5.71 Å². The molecule has 0 aliphatic rings. The Bertz CT molecular complexity index is 1370. The minimum Gasteiger partial charge on any atom is -0.339 e. The van der Waals surface area contributed by atoms with Gasteiger partial charge in [-0.05, 0) is 63.8 Å². The first kappa shape index (κ1) is 29.2. The topological polar surface area (TPSA) is 94.5 Å². The van der Waals surface area contributed by atoms with Gasteiger partial charge in [-0.25, -0.2) is 19.2 Å². The molecule has 1 heterocycles. The first-order chi connectivity index (χ1) is 18.4. The highest BCUT2D eigenvalue weighted by atomic mass is 19.4. The molecule has 3 aromatic rings. The van der Waals surface area contributed by atoms with Crippen LogP contribution in [0.4, 0.5) is 45.1 Å². The highest BCUT2D eigenvalue weighted by Gasteiger charge is 2.35. The Hall–Kier alpha value is -4.39. The van der Waals surface area contributed by atoms with Crippen molar-refractivity contribution in [1.29, 1.82) is 0 Å². The second-order valence-corrected chi connectivity index (χ2v) is 8.58. The van der Waals surface area contributed by atoms with E-state index < -0.39 is 29.2 Å². The molecule has 206 valence electrons. The molecule has 0 spiro atoms. The van der Waals surface area contributed by atoms with Crippen LogP contribution < -0.4 is 16.1 Å². The Morgan fingerprint density at radius 3 is 2.54 bits per heavy atom. The third kappa shape index (κ3) is 8.85. The van der Waals surface area contributed by atoms with Crippen LogP contribution in [-0.4, -0.2) is 47.1 Å². The molecule has 8 nitrogen and oxygen atoms in total. The van der Waals surface area contributed by atoms with E-state index in [0.29, 0.717) is 24.4 Å². The summed E-state index contributed by atoms with van der Waals surface area (Å²) in [5.74, 6) is -2.89. The Morgan fingerprint density at radius 2 is 1.85 bits per heavy atom. The van der Waals surface area contributed by atoms with E-state index in [2.05, 4.69) is 31.1 Å². The van der Waals surface area contributed by atoms with Crippen LogP contribution in [0, 0.1) is 11.6 Å². The molecule has 0 aliphatic heterocycles. The number of amides is 1. The molecule has 1 aromatic heterocycles. The van der Waals surface area contributed by atoms with Gasteiger partial charge < -0.3 is 15.5 Å². The molecule has 3 rings (SSSR count). The summed E-state index contributed by atoms with van der Waals surface area (Å²) in [7, 11) is 3.83. The van der Waals surface area contributed by atoms with Gasteiger partial charge in [0.15, 0.2) is 0 Å². The fourth-order valence-corrected chi connectivity index (χ4v) is 3.23. The Kier molecular flexibility index (Phi) is 9.66. The number of benzene rings is 2. The van der Waals surface area contributed by atoms with Crippen molar-refractivity contribution < 1.29 is 26.7 Å². The summed E-state index contributed by atoms with van der Waals surface area (Å²) in [6.45, 7) is 2.19. The molecular weight excluding hydrogens is 521 g/mol. The first-order valence-corrected chi connectivity index (χ1v) is 11.6. The zero-order valence-corrected chi connectivity index (χ0v) is 21.3. The number of alkyl halides is 3. The molecule has 3 N–H and O–H groups in total. The highest BCUT2D eigenvalue weighted by molar-refractivity contribution is 6.00. The van der Waals surface area contributed by atoms with Gasteiger partial charge in [0, 0.05) is 35.7 Å². The first-order valence-electron chi connectivity index (χ1n) is 11.6. The summed E-state index contributed by atoms with van der Waals surface area (Å²) in [5, 5.41) is 9.14. The zero-order valence-electron chi connectivity index (χ0n) is 21.3. The highest BCUT2D eigenvalue weighted by Crippen LogP contribution is 2.35. The summed E-state index contributed by atoms with van der Waals surface area (Å²) in [6.07, 6.45) is -0.425. The van der Waals surface area contributed by atoms with Crippen LogP contribution >= 0.6 is 0 Å². The monoisotopic (exact) mass is 547 g/mol. The lowest BCUT2D eigenvalue weighted by Gasteiger charge is -2.15. The average Bonchev–Trinajstić information content (AvgIpc) is 2.85. The maximum Gasteiger partial charge on any atom is 0.421 e. The third-order valence-electron chi connectivity index (χ3n) is 5.14. The number of carbonyl (C=O) groups excluding carboxylic acids is 1. The number of halogens is 5. The number of aromatic nitrogens is 2. The van der Waals surface area contributed by atoms with E-state index in [4.69, 9.17) is 0 Å². The van der Waals surface area contributed by atoms with Crippen molar-refractivity contribution in [2.24, 2.45) is 5.10 Å². The lowest BCUT2D eigenvalue weighted by atomic mass is 10.1. The third-order valence-corrected chi connectivity index (χ3v) is 5.14. The molecule has 0 fully saturated rings. The second kappa shape index (κ2) is 12.9. The molecule has 1 amide bonds. The summed E-state index contributed by atoms with van der Waals surface area (Å²) in [6, 6.07) is 8.98. The fraction of sp³-hybridized carbons (Fsp3) is 0.231. The normalized spacial score (nSPS) is 12.2. The van der Waals surface area contributed by atoms with Crippen molar-refractivity contribution in [3.05, 3.63) is 83.6 Å². The van der Waals surface area contributed by atoms with Crippen LogP contribution in [0.25, 0.3) is 0 Å². The maximum atomic E-state index is 14.0. The minimum absolute atomic E-state index is 0.0134. The lowest BCUT2D eigenvalue weighted by molar-refractivity contribution is -0.137. The Balaban J connectivity index is 1.79. The van der Waals surface area contributed by atoms with Crippen molar-refractivity contribution in [1.82, 2.24) is 14.9 Å². The number of anilines is 4. The number of nitrogens with one attached hydrogen (secondary N) is 3. The lowest BCUT2D eigenvalue weighted by Crippen LogP contribution is -2.13. The van der Waals surface area contributed by atoms with E-state index in [1.807, 2.05) is 19.0 Å². The fourth-order valence-electron chi connectivity index (χ4n) is 3.23. The maximum absolute atomic E-state index is 14.0. The summed E-state index contributed by atoms with van der Waals surface area (Å²) < 4.78 is 68.1.